The van der Waals surface area contributed by atoms with Crippen molar-refractivity contribution in [2.75, 3.05) is 11.5 Å². The van der Waals surface area contributed by atoms with Crippen LogP contribution < -0.4 is 0 Å². The van der Waals surface area contributed by atoms with Gasteiger partial charge >= 0.3 is 0 Å². The van der Waals surface area contributed by atoms with E-state index < -0.39 is 3.79 Å². The first-order valence-corrected chi connectivity index (χ1v) is 9.18. The normalized spacial score (nSPS) is 27.6. The van der Waals surface area contributed by atoms with Crippen LogP contribution >= 0.6 is 37.8 Å². The van der Waals surface area contributed by atoms with Gasteiger partial charge in [-0.15, -0.1) is 0 Å². The Morgan fingerprint density at radius 3 is 2.12 bits per heavy atom. The SMILES string of the molecule is S=P1(Cl)SCCCS1. The van der Waals surface area contributed by atoms with Crippen LogP contribution in [0, 0.1) is 0 Å². The van der Waals surface area contributed by atoms with Gasteiger partial charge in [-0.1, -0.05) is 45.8 Å². The molecule has 5 heteroatoms. The summed E-state index contributed by atoms with van der Waals surface area (Å²) in [6.07, 6.45) is 1.28. The molecular weight excluding hydrogens is 199 g/mol. The molecule has 0 bridgehead atoms. The molecule has 1 rings (SSSR count). The summed E-state index contributed by atoms with van der Waals surface area (Å²) in [4.78, 5) is 0. The molecule has 0 aromatic rings. The third-order valence-corrected chi connectivity index (χ3v) is 10.8. The summed E-state index contributed by atoms with van der Waals surface area (Å²) in [6, 6.07) is 0. The second kappa shape index (κ2) is 3.16. The molecule has 8 heavy (non-hydrogen) atoms. The first kappa shape index (κ1) is 7.74. The van der Waals surface area contributed by atoms with Crippen molar-refractivity contribution in [2.45, 2.75) is 6.42 Å². The van der Waals surface area contributed by atoms with E-state index in [2.05, 4.69) is 0 Å². The minimum absolute atomic E-state index is 1.17. The predicted molar refractivity (Wildman–Crippen MR) is 49.7 cm³/mol. The summed E-state index contributed by atoms with van der Waals surface area (Å²) in [5.41, 5.74) is 0. The lowest BCUT2D eigenvalue weighted by Crippen LogP contribution is -1.86. The molecule has 1 heterocycles. The molecular formula is C3H6ClPS3. The molecule has 0 N–H and O–H groups in total. The fourth-order valence-corrected chi connectivity index (χ4v) is 8.59. The van der Waals surface area contributed by atoms with Crippen molar-refractivity contribution in [2.24, 2.45) is 0 Å². The van der Waals surface area contributed by atoms with Gasteiger partial charge in [0.25, 0.3) is 0 Å². The summed E-state index contributed by atoms with van der Waals surface area (Å²) in [6.45, 7) is 0. The third kappa shape index (κ3) is 2.49. The maximum atomic E-state index is 5.92. The molecule has 1 aliphatic rings. The Morgan fingerprint density at radius 1 is 1.38 bits per heavy atom. The molecule has 48 valence electrons. The van der Waals surface area contributed by atoms with Gasteiger partial charge in [-0.2, -0.15) is 0 Å². The maximum absolute atomic E-state index is 5.92. The van der Waals surface area contributed by atoms with Crippen molar-refractivity contribution in [1.82, 2.24) is 0 Å². The molecule has 1 aliphatic heterocycles. The molecule has 1 saturated heterocycles. The Hall–Kier alpha value is 1.64. The van der Waals surface area contributed by atoms with Crippen LogP contribution in [-0.4, -0.2) is 11.5 Å². The average Bonchev–Trinajstić information content (AvgIpc) is 1.65. The highest BCUT2D eigenvalue weighted by atomic mass is 35.7. The van der Waals surface area contributed by atoms with E-state index in [4.69, 9.17) is 23.0 Å². The molecule has 0 radical (unpaired) electrons. The van der Waals surface area contributed by atoms with E-state index in [1.165, 1.54) is 17.9 Å². The zero-order chi connectivity index (χ0) is 6.04. The van der Waals surface area contributed by atoms with Crippen LogP contribution in [0.15, 0.2) is 0 Å². The summed E-state index contributed by atoms with van der Waals surface area (Å²) < 4.78 is -1.45. The van der Waals surface area contributed by atoms with E-state index in [0.717, 1.165) is 0 Å². The first-order chi connectivity index (χ1) is 3.71. The van der Waals surface area contributed by atoms with Gasteiger partial charge in [-0.25, -0.2) is 0 Å². The average molecular weight is 205 g/mol. The minimum Gasteiger partial charge on any atom is -0.0995 e. The Morgan fingerprint density at radius 2 is 1.88 bits per heavy atom. The van der Waals surface area contributed by atoms with Gasteiger partial charge in [-0.05, 0) is 6.42 Å². The maximum Gasteiger partial charge on any atom is 0.140 e. The van der Waals surface area contributed by atoms with Crippen LogP contribution in [0.5, 0.6) is 0 Å². The van der Waals surface area contributed by atoms with Gasteiger partial charge in [-0.3, -0.25) is 0 Å². The van der Waals surface area contributed by atoms with Crippen molar-refractivity contribution < 1.29 is 0 Å². The highest BCUT2D eigenvalue weighted by Gasteiger charge is 2.17. The Kier molecular flexibility index (Phi) is 3.06. The van der Waals surface area contributed by atoms with Crippen LogP contribution in [0.2, 0.25) is 0 Å². The minimum atomic E-state index is -1.45. The standard InChI is InChI=1S/C3H6ClPS3/c4-5(6)7-2-1-3-8-5/h1-3H2. The zero-order valence-electron chi connectivity index (χ0n) is 4.17. The lowest BCUT2D eigenvalue weighted by atomic mass is 10.6. The van der Waals surface area contributed by atoms with E-state index in [0.29, 0.717) is 0 Å². The van der Waals surface area contributed by atoms with Crippen molar-refractivity contribution in [3.63, 3.8) is 0 Å². The molecule has 0 nitrogen and oxygen atoms in total. The third-order valence-electron chi connectivity index (χ3n) is 0.780. The van der Waals surface area contributed by atoms with Crippen molar-refractivity contribution in [1.29, 1.82) is 0 Å². The fraction of sp³-hybridized carbons (Fsp3) is 1.00. The van der Waals surface area contributed by atoms with Crippen molar-refractivity contribution in [3.8, 4) is 0 Å². The van der Waals surface area contributed by atoms with Crippen LogP contribution in [0.25, 0.3) is 0 Å². The van der Waals surface area contributed by atoms with Crippen molar-refractivity contribution >= 4 is 49.6 Å². The molecule has 0 saturated carbocycles. The van der Waals surface area contributed by atoms with E-state index in [-0.39, 0.29) is 0 Å². The Balaban J connectivity index is 2.45. The quantitative estimate of drug-likeness (QED) is 0.556. The lowest BCUT2D eigenvalue weighted by molar-refractivity contribution is 1.13. The number of halogens is 1. The van der Waals surface area contributed by atoms with Crippen LogP contribution in [0.4, 0.5) is 0 Å². The molecule has 0 unspecified atom stereocenters. The lowest BCUT2D eigenvalue weighted by Gasteiger charge is -2.17. The summed E-state index contributed by atoms with van der Waals surface area (Å²) in [5, 5.41) is 0. The number of hydrogen-bond acceptors (Lipinski definition) is 3. The van der Waals surface area contributed by atoms with Gasteiger partial charge < -0.3 is 0 Å². The summed E-state index contributed by atoms with van der Waals surface area (Å²) in [5.74, 6) is 2.35. The van der Waals surface area contributed by atoms with E-state index in [9.17, 15) is 0 Å². The monoisotopic (exact) mass is 204 g/mol. The summed E-state index contributed by atoms with van der Waals surface area (Å²) in [7, 11) is 0. The van der Waals surface area contributed by atoms with Crippen LogP contribution in [-0.2, 0) is 11.8 Å². The number of hydrogen-bond donors (Lipinski definition) is 0. The molecule has 0 atom stereocenters. The Bertz CT molecular complexity index is 116. The second-order valence-corrected chi connectivity index (χ2v) is 15.5. The van der Waals surface area contributed by atoms with E-state index in [1.807, 2.05) is 0 Å². The Labute approximate surface area is 67.4 Å². The molecule has 0 spiro atoms. The van der Waals surface area contributed by atoms with E-state index >= 15 is 0 Å². The van der Waals surface area contributed by atoms with Gasteiger partial charge in [0.15, 0.2) is 0 Å². The zero-order valence-corrected chi connectivity index (χ0v) is 8.27. The molecule has 0 aliphatic carbocycles. The summed E-state index contributed by atoms with van der Waals surface area (Å²) >= 11 is 14.6. The van der Waals surface area contributed by atoms with Gasteiger partial charge in [0, 0.05) is 11.5 Å². The topological polar surface area (TPSA) is 0 Å². The van der Waals surface area contributed by atoms with Gasteiger partial charge in [0.2, 0.25) is 0 Å². The molecule has 1 fully saturated rings. The van der Waals surface area contributed by atoms with Gasteiger partial charge in [0.1, 0.15) is 3.79 Å². The molecule has 0 amide bonds. The van der Waals surface area contributed by atoms with Crippen LogP contribution in [0.3, 0.4) is 0 Å². The largest absolute Gasteiger partial charge is 0.140 e. The van der Waals surface area contributed by atoms with Crippen molar-refractivity contribution in [3.05, 3.63) is 0 Å². The number of rotatable bonds is 0. The second-order valence-electron chi connectivity index (χ2n) is 1.45. The van der Waals surface area contributed by atoms with Gasteiger partial charge in [0.05, 0.1) is 0 Å². The first-order valence-electron chi connectivity index (χ1n) is 2.29. The smallest absolute Gasteiger partial charge is 0.0995 e. The van der Waals surface area contributed by atoms with Crippen LogP contribution in [0.1, 0.15) is 6.42 Å². The predicted octanol–water partition coefficient (Wildman–Crippen LogP) is 3.32. The highest BCUT2D eigenvalue weighted by Crippen LogP contribution is 2.75. The van der Waals surface area contributed by atoms with E-state index in [1.54, 1.807) is 22.8 Å². The molecule has 0 aromatic carbocycles. The fourth-order valence-electron chi connectivity index (χ4n) is 0.443. The highest BCUT2D eigenvalue weighted by molar-refractivity contribution is 9.06. The molecule has 0 aromatic heterocycles.